The molecule has 3 unspecified atom stereocenters. The van der Waals surface area contributed by atoms with Crippen molar-refractivity contribution in [2.75, 3.05) is 17.2 Å². The molecule has 0 spiro atoms. The molecule has 2 aromatic carbocycles. The van der Waals surface area contributed by atoms with E-state index in [1.54, 1.807) is 36.1 Å². The van der Waals surface area contributed by atoms with Crippen molar-refractivity contribution in [3.8, 4) is 0 Å². The van der Waals surface area contributed by atoms with Crippen molar-refractivity contribution < 1.29 is 14.4 Å². The first-order chi connectivity index (χ1) is 14.4. The van der Waals surface area contributed by atoms with Gasteiger partial charge in [-0.25, -0.2) is 0 Å². The molecule has 158 valence electrons. The first kappa shape index (κ1) is 21.6. The average molecular weight is 408 g/mol. The van der Waals surface area contributed by atoms with Gasteiger partial charge < -0.3 is 15.5 Å². The van der Waals surface area contributed by atoms with E-state index in [1.165, 1.54) is 0 Å². The maximum atomic E-state index is 13.2. The Morgan fingerprint density at radius 3 is 2.33 bits per heavy atom. The van der Waals surface area contributed by atoms with Crippen LogP contribution in [0.25, 0.3) is 0 Å². The van der Waals surface area contributed by atoms with E-state index in [0.717, 1.165) is 12.8 Å². The normalized spacial score (nSPS) is 18.2. The Bertz CT molecular complexity index is 913. The Balaban J connectivity index is 1.71. The van der Waals surface area contributed by atoms with Gasteiger partial charge in [-0.05, 0) is 56.0 Å². The minimum Gasteiger partial charge on any atom is -0.327 e. The van der Waals surface area contributed by atoms with E-state index in [4.69, 9.17) is 0 Å². The smallest absolute Gasteiger partial charge is 0.254 e. The summed E-state index contributed by atoms with van der Waals surface area (Å²) in [5, 5.41) is 5.75. The highest BCUT2D eigenvalue weighted by Gasteiger charge is 2.39. The van der Waals surface area contributed by atoms with E-state index >= 15 is 0 Å². The van der Waals surface area contributed by atoms with Crippen LogP contribution in [0.3, 0.4) is 0 Å². The number of rotatable bonds is 8. The monoisotopic (exact) mass is 407 g/mol. The number of nitrogens with one attached hydrogen (secondary N) is 2. The van der Waals surface area contributed by atoms with Crippen LogP contribution in [0.1, 0.15) is 44.0 Å². The molecule has 1 aliphatic carbocycles. The van der Waals surface area contributed by atoms with Crippen molar-refractivity contribution >= 4 is 29.1 Å². The predicted molar refractivity (Wildman–Crippen MR) is 118 cm³/mol. The van der Waals surface area contributed by atoms with E-state index in [-0.39, 0.29) is 23.6 Å². The first-order valence-corrected chi connectivity index (χ1v) is 10.5. The Labute approximate surface area is 177 Å². The van der Waals surface area contributed by atoms with Gasteiger partial charge in [-0.1, -0.05) is 38.1 Å². The summed E-state index contributed by atoms with van der Waals surface area (Å²) in [5.41, 5.74) is 1.74. The van der Waals surface area contributed by atoms with Gasteiger partial charge in [0.25, 0.3) is 5.91 Å². The molecule has 2 aromatic rings. The maximum absolute atomic E-state index is 13.2. The Morgan fingerprint density at radius 2 is 1.70 bits per heavy atom. The molecule has 0 aromatic heterocycles. The van der Waals surface area contributed by atoms with Crippen molar-refractivity contribution in [3.05, 3.63) is 60.2 Å². The van der Waals surface area contributed by atoms with Gasteiger partial charge in [0.2, 0.25) is 11.8 Å². The van der Waals surface area contributed by atoms with Crippen LogP contribution in [-0.4, -0.2) is 35.2 Å². The number of anilines is 2. The zero-order valence-corrected chi connectivity index (χ0v) is 17.7. The fourth-order valence-electron chi connectivity index (χ4n) is 3.44. The van der Waals surface area contributed by atoms with Gasteiger partial charge >= 0.3 is 0 Å². The van der Waals surface area contributed by atoms with Crippen LogP contribution in [0.15, 0.2) is 54.6 Å². The standard InChI is InChI=1S/C24H29N3O3/c1-4-13-27(17(3)22(28)25-19-10-6-5-7-11-19)24(30)18-9-8-12-20(15-18)26-23(29)21-14-16(21)2/h5-12,15-17,21H,4,13-14H2,1-3H3,(H,25,28)(H,26,29). The molecule has 2 N–H and O–H groups in total. The fourth-order valence-corrected chi connectivity index (χ4v) is 3.44. The third-order valence-corrected chi connectivity index (χ3v) is 5.44. The molecule has 1 saturated carbocycles. The van der Waals surface area contributed by atoms with Crippen LogP contribution in [0.5, 0.6) is 0 Å². The second kappa shape index (κ2) is 9.57. The molecule has 0 aliphatic heterocycles. The lowest BCUT2D eigenvalue weighted by molar-refractivity contribution is -0.120. The van der Waals surface area contributed by atoms with Crippen LogP contribution in [0.4, 0.5) is 11.4 Å². The Morgan fingerprint density at radius 1 is 1.03 bits per heavy atom. The highest BCUT2D eigenvalue weighted by atomic mass is 16.2. The zero-order chi connectivity index (χ0) is 21.7. The minimum atomic E-state index is -0.636. The van der Waals surface area contributed by atoms with Crippen molar-refractivity contribution in [2.45, 2.75) is 39.7 Å². The molecule has 6 heteroatoms. The summed E-state index contributed by atoms with van der Waals surface area (Å²) in [6.45, 7) is 6.20. The van der Waals surface area contributed by atoms with Gasteiger partial charge in [0.05, 0.1) is 0 Å². The molecule has 0 radical (unpaired) electrons. The van der Waals surface area contributed by atoms with Gasteiger partial charge in [-0.3, -0.25) is 14.4 Å². The lowest BCUT2D eigenvalue weighted by Gasteiger charge is -2.28. The van der Waals surface area contributed by atoms with E-state index in [2.05, 4.69) is 17.6 Å². The number of benzene rings is 2. The van der Waals surface area contributed by atoms with Gasteiger partial charge in [-0.2, -0.15) is 0 Å². The van der Waals surface area contributed by atoms with Crippen molar-refractivity contribution in [3.63, 3.8) is 0 Å². The topological polar surface area (TPSA) is 78.5 Å². The summed E-state index contributed by atoms with van der Waals surface area (Å²) >= 11 is 0. The van der Waals surface area contributed by atoms with Crippen molar-refractivity contribution in [1.82, 2.24) is 4.90 Å². The van der Waals surface area contributed by atoms with Crippen molar-refractivity contribution in [1.29, 1.82) is 0 Å². The van der Waals surface area contributed by atoms with Gasteiger partial charge in [0.15, 0.2) is 0 Å². The lowest BCUT2D eigenvalue weighted by atomic mass is 10.1. The number of hydrogen-bond acceptors (Lipinski definition) is 3. The highest BCUT2D eigenvalue weighted by molar-refractivity contribution is 6.02. The number of carbonyl (C=O) groups is 3. The quantitative estimate of drug-likeness (QED) is 0.690. The number of hydrogen-bond donors (Lipinski definition) is 2. The molecule has 3 rings (SSSR count). The summed E-state index contributed by atoms with van der Waals surface area (Å²) in [7, 11) is 0. The summed E-state index contributed by atoms with van der Waals surface area (Å²) in [5.74, 6) is -0.00626. The van der Waals surface area contributed by atoms with E-state index in [1.807, 2.05) is 37.3 Å². The number of carbonyl (C=O) groups excluding carboxylic acids is 3. The molecular weight excluding hydrogens is 378 g/mol. The molecular formula is C24H29N3O3. The SMILES string of the molecule is CCCN(C(=O)c1cccc(NC(=O)C2CC2C)c1)C(C)C(=O)Nc1ccccc1. The predicted octanol–water partition coefficient (Wildman–Crippen LogP) is 4.16. The summed E-state index contributed by atoms with van der Waals surface area (Å²) in [6, 6.07) is 15.5. The molecule has 6 nitrogen and oxygen atoms in total. The minimum absolute atomic E-state index is 0.00637. The van der Waals surface area contributed by atoms with Crippen LogP contribution >= 0.6 is 0 Å². The summed E-state index contributed by atoms with van der Waals surface area (Å²) in [4.78, 5) is 39.7. The molecule has 1 aliphatic rings. The molecule has 0 bridgehead atoms. The first-order valence-electron chi connectivity index (χ1n) is 10.5. The van der Waals surface area contributed by atoms with Crippen LogP contribution < -0.4 is 10.6 Å². The third kappa shape index (κ3) is 5.26. The number of para-hydroxylation sites is 1. The lowest BCUT2D eigenvalue weighted by Crippen LogP contribution is -2.46. The number of nitrogens with zero attached hydrogens (tertiary/aromatic N) is 1. The average Bonchev–Trinajstić information content (AvgIpc) is 3.49. The van der Waals surface area contributed by atoms with E-state index < -0.39 is 6.04 Å². The Kier molecular flexibility index (Phi) is 6.87. The molecule has 0 heterocycles. The van der Waals surface area contributed by atoms with Crippen LogP contribution in [0.2, 0.25) is 0 Å². The molecule has 30 heavy (non-hydrogen) atoms. The zero-order valence-electron chi connectivity index (χ0n) is 17.7. The van der Waals surface area contributed by atoms with E-state index in [9.17, 15) is 14.4 Å². The molecule has 1 fully saturated rings. The van der Waals surface area contributed by atoms with Crippen LogP contribution in [0, 0.1) is 11.8 Å². The molecule has 3 amide bonds. The highest BCUT2D eigenvalue weighted by Crippen LogP contribution is 2.38. The third-order valence-electron chi connectivity index (χ3n) is 5.44. The van der Waals surface area contributed by atoms with Gasteiger partial charge in [0, 0.05) is 29.4 Å². The van der Waals surface area contributed by atoms with Crippen molar-refractivity contribution in [2.24, 2.45) is 11.8 Å². The number of amides is 3. The molecule has 3 atom stereocenters. The van der Waals surface area contributed by atoms with Gasteiger partial charge in [-0.15, -0.1) is 0 Å². The maximum Gasteiger partial charge on any atom is 0.254 e. The Hall–Kier alpha value is -3.15. The summed E-state index contributed by atoms with van der Waals surface area (Å²) in [6.07, 6.45) is 1.63. The van der Waals surface area contributed by atoms with Gasteiger partial charge in [0.1, 0.15) is 6.04 Å². The largest absolute Gasteiger partial charge is 0.327 e. The second-order valence-electron chi connectivity index (χ2n) is 7.92. The van der Waals surface area contributed by atoms with Crippen LogP contribution in [-0.2, 0) is 9.59 Å². The fraction of sp³-hybridized carbons (Fsp3) is 0.375. The van der Waals surface area contributed by atoms with E-state index in [0.29, 0.717) is 29.4 Å². The second-order valence-corrected chi connectivity index (χ2v) is 7.92. The molecule has 0 saturated heterocycles. The summed E-state index contributed by atoms with van der Waals surface area (Å²) < 4.78 is 0.